The van der Waals surface area contributed by atoms with Gasteiger partial charge in [-0.25, -0.2) is 0 Å². The first-order chi connectivity index (χ1) is 8.84. The summed E-state index contributed by atoms with van der Waals surface area (Å²) in [4.78, 5) is 0. The number of benzene rings is 1. The smallest absolute Gasteiger partial charge is 0.229 e. The maximum absolute atomic E-state index is 6.14. The lowest BCUT2D eigenvalue weighted by Crippen LogP contribution is -2.18. The van der Waals surface area contributed by atoms with Crippen molar-refractivity contribution in [2.75, 3.05) is 7.11 Å². The fraction of sp³-hybridized carbons (Fsp3) is 0.385. The van der Waals surface area contributed by atoms with Crippen LogP contribution in [0.1, 0.15) is 26.6 Å². The van der Waals surface area contributed by atoms with Gasteiger partial charge in [-0.15, -0.1) is 10.2 Å². The van der Waals surface area contributed by atoms with Crippen LogP contribution in [-0.2, 0) is 5.41 Å². The van der Waals surface area contributed by atoms with Crippen LogP contribution in [0.15, 0.2) is 18.2 Å². The highest BCUT2D eigenvalue weighted by molar-refractivity contribution is 6.32. The van der Waals surface area contributed by atoms with E-state index in [0.29, 0.717) is 16.1 Å². The van der Waals surface area contributed by atoms with E-state index in [4.69, 9.17) is 27.9 Å². The number of rotatable bonds is 2. The molecule has 19 heavy (non-hydrogen) atoms. The van der Waals surface area contributed by atoms with Crippen molar-refractivity contribution in [1.82, 2.24) is 14.8 Å². The summed E-state index contributed by atoms with van der Waals surface area (Å²) < 4.78 is 7.01. The van der Waals surface area contributed by atoms with E-state index in [1.165, 1.54) is 0 Å². The van der Waals surface area contributed by atoms with Crippen LogP contribution < -0.4 is 4.74 Å². The molecular weight excluding hydrogens is 285 g/mol. The van der Waals surface area contributed by atoms with Crippen LogP contribution in [0.2, 0.25) is 10.3 Å². The van der Waals surface area contributed by atoms with E-state index in [1.807, 2.05) is 12.1 Å². The Balaban J connectivity index is 2.62. The highest BCUT2D eigenvalue weighted by Gasteiger charge is 2.24. The van der Waals surface area contributed by atoms with Crippen molar-refractivity contribution < 1.29 is 4.74 Å². The third-order valence-corrected chi connectivity index (χ3v) is 3.24. The minimum absolute atomic E-state index is 0.174. The van der Waals surface area contributed by atoms with Crippen molar-refractivity contribution in [3.05, 3.63) is 34.3 Å². The number of nitrogens with zero attached hydrogens (tertiary/aromatic N) is 3. The summed E-state index contributed by atoms with van der Waals surface area (Å²) in [6.07, 6.45) is 0. The van der Waals surface area contributed by atoms with Gasteiger partial charge < -0.3 is 4.74 Å². The van der Waals surface area contributed by atoms with E-state index < -0.39 is 0 Å². The topological polar surface area (TPSA) is 39.9 Å². The highest BCUT2D eigenvalue weighted by atomic mass is 35.5. The minimum atomic E-state index is -0.174. The summed E-state index contributed by atoms with van der Waals surface area (Å²) in [7, 11) is 1.57. The summed E-state index contributed by atoms with van der Waals surface area (Å²) in [5.74, 6) is 1.37. The molecule has 0 N–H and O–H groups in total. The zero-order valence-electron chi connectivity index (χ0n) is 11.2. The van der Waals surface area contributed by atoms with E-state index in [2.05, 4.69) is 31.0 Å². The minimum Gasteiger partial charge on any atom is -0.495 e. The standard InChI is InChI=1S/C13H15Cl2N3O/c1-13(2,3)11-16-17-12(15)18(11)8-5-6-9(14)10(7-8)19-4/h5-7H,1-4H3. The molecule has 1 heterocycles. The molecule has 0 bridgehead atoms. The third-order valence-electron chi connectivity index (χ3n) is 2.69. The molecule has 2 rings (SSSR count). The van der Waals surface area contributed by atoms with Crippen LogP contribution in [0.4, 0.5) is 0 Å². The Bertz CT molecular complexity index is 602. The Hall–Kier alpha value is -1.26. The molecule has 1 aromatic carbocycles. The average molecular weight is 300 g/mol. The number of hydrogen-bond donors (Lipinski definition) is 0. The van der Waals surface area contributed by atoms with Gasteiger partial charge in [-0.3, -0.25) is 4.57 Å². The molecule has 0 spiro atoms. The van der Waals surface area contributed by atoms with E-state index in [0.717, 1.165) is 11.5 Å². The molecule has 0 unspecified atom stereocenters. The Morgan fingerprint density at radius 1 is 1.16 bits per heavy atom. The number of aromatic nitrogens is 3. The van der Waals surface area contributed by atoms with Crippen molar-refractivity contribution in [3.63, 3.8) is 0 Å². The van der Waals surface area contributed by atoms with Gasteiger partial charge in [0.2, 0.25) is 5.28 Å². The largest absolute Gasteiger partial charge is 0.495 e. The predicted octanol–water partition coefficient (Wildman–Crippen LogP) is 3.88. The number of methoxy groups -OCH3 is 1. The first-order valence-electron chi connectivity index (χ1n) is 5.80. The second-order valence-electron chi connectivity index (χ2n) is 5.20. The maximum atomic E-state index is 6.14. The molecule has 0 saturated heterocycles. The van der Waals surface area contributed by atoms with Gasteiger partial charge in [0.15, 0.2) is 0 Å². The van der Waals surface area contributed by atoms with Crippen LogP contribution in [0.3, 0.4) is 0 Å². The van der Waals surface area contributed by atoms with Crippen LogP contribution in [-0.4, -0.2) is 21.9 Å². The van der Waals surface area contributed by atoms with Crippen molar-refractivity contribution in [1.29, 1.82) is 0 Å². The molecule has 0 radical (unpaired) electrons. The van der Waals surface area contributed by atoms with Gasteiger partial charge in [0, 0.05) is 11.5 Å². The van der Waals surface area contributed by atoms with Crippen molar-refractivity contribution in [2.24, 2.45) is 0 Å². The molecule has 2 aromatic rings. The molecular formula is C13H15Cl2N3O. The van der Waals surface area contributed by atoms with Crippen LogP contribution in [0.5, 0.6) is 5.75 Å². The van der Waals surface area contributed by atoms with Crippen molar-refractivity contribution in [2.45, 2.75) is 26.2 Å². The summed E-state index contributed by atoms with van der Waals surface area (Å²) in [6.45, 7) is 6.16. The second-order valence-corrected chi connectivity index (χ2v) is 5.94. The quantitative estimate of drug-likeness (QED) is 0.845. The number of ether oxygens (including phenoxy) is 1. The molecule has 0 fully saturated rings. The molecule has 0 atom stereocenters. The van der Waals surface area contributed by atoms with Gasteiger partial charge in [0.1, 0.15) is 11.6 Å². The van der Waals surface area contributed by atoms with Crippen LogP contribution in [0.25, 0.3) is 5.69 Å². The lowest BCUT2D eigenvalue weighted by Gasteiger charge is -2.19. The molecule has 4 nitrogen and oxygen atoms in total. The average Bonchev–Trinajstić information content (AvgIpc) is 2.72. The molecule has 102 valence electrons. The zero-order valence-corrected chi connectivity index (χ0v) is 12.7. The Labute approximate surface area is 122 Å². The van der Waals surface area contributed by atoms with Gasteiger partial charge >= 0.3 is 0 Å². The fourth-order valence-corrected chi connectivity index (χ4v) is 2.18. The second kappa shape index (κ2) is 5.02. The molecule has 0 saturated carbocycles. The van der Waals surface area contributed by atoms with Gasteiger partial charge in [-0.1, -0.05) is 32.4 Å². The van der Waals surface area contributed by atoms with E-state index >= 15 is 0 Å². The van der Waals surface area contributed by atoms with E-state index in [9.17, 15) is 0 Å². The number of hydrogen-bond acceptors (Lipinski definition) is 3. The first kappa shape index (κ1) is 14.2. The van der Waals surface area contributed by atoms with E-state index in [-0.39, 0.29) is 5.41 Å². The Morgan fingerprint density at radius 2 is 1.84 bits per heavy atom. The fourth-order valence-electron chi connectivity index (χ4n) is 1.77. The molecule has 0 aliphatic heterocycles. The Kier molecular flexibility index (Phi) is 3.74. The van der Waals surface area contributed by atoms with Gasteiger partial charge in [0.25, 0.3) is 0 Å². The molecule has 0 amide bonds. The van der Waals surface area contributed by atoms with Crippen LogP contribution in [0, 0.1) is 0 Å². The summed E-state index contributed by atoms with van der Waals surface area (Å²) >= 11 is 12.2. The van der Waals surface area contributed by atoms with Gasteiger partial charge in [-0.05, 0) is 23.7 Å². The maximum Gasteiger partial charge on any atom is 0.229 e. The molecule has 0 aliphatic rings. The predicted molar refractivity (Wildman–Crippen MR) is 76.6 cm³/mol. The number of halogens is 2. The highest BCUT2D eigenvalue weighted by Crippen LogP contribution is 2.31. The lowest BCUT2D eigenvalue weighted by molar-refractivity contribution is 0.414. The van der Waals surface area contributed by atoms with E-state index in [1.54, 1.807) is 17.7 Å². The Morgan fingerprint density at radius 3 is 2.42 bits per heavy atom. The normalized spacial score (nSPS) is 11.7. The molecule has 1 aromatic heterocycles. The molecule has 0 aliphatic carbocycles. The summed E-state index contributed by atoms with van der Waals surface area (Å²) in [6, 6.07) is 5.43. The lowest BCUT2D eigenvalue weighted by atomic mass is 9.95. The third kappa shape index (κ3) is 2.69. The van der Waals surface area contributed by atoms with Crippen molar-refractivity contribution in [3.8, 4) is 11.4 Å². The monoisotopic (exact) mass is 299 g/mol. The van der Waals surface area contributed by atoms with Gasteiger partial charge in [0.05, 0.1) is 17.8 Å². The molecule has 6 heteroatoms. The van der Waals surface area contributed by atoms with Gasteiger partial charge in [-0.2, -0.15) is 0 Å². The van der Waals surface area contributed by atoms with Crippen molar-refractivity contribution >= 4 is 23.2 Å². The van der Waals surface area contributed by atoms with Crippen LogP contribution >= 0.6 is 23.2 Å². The summed E-state index contributed by atoms with van der Waals surface area (Å²) in [5, 5.41) is 8.95. The first-order valence-corrected chi connectivity index (χ1v) is 6.55. The summed E-state index contributed by atoms with van der Waals surface area (Å²) in [5.41, 5.74) is 0.647. The zero-order chi connectivity index (χ0) is 14.2. The SMILES string of the molecule is COc1cc(-n2c(Cl)nnc2C(C)(C)C)ccc1Cl.